The number of unbranched alkanes of at least 4 members (excludes halogenated alkanes) is 1. The highest BCUT2D eigenvalue weighted by Crippen LogP contribution is 2.34. The lowest BCUT2D eigenvalue weighted by Gasteiger charge is -2.16. The lowest BCUT2D eigenvalue weighted by atomic mass is 10.1. The second-order valence-electron chi connectivity index (χ2n) is 7.94. The summed E-state index contributed by atoms with van der Waals surface area (Å²) in [5.74, 6) is -1.12. The van der Waals surface area contributed by atoms with Crippen molar-refractivity contribution in [1.82, 2.24) is 0 Å². The minimum atomic E-state index is -0.689. The maximum Gasteiger partial charge on any atom is 0.283 e. The molecule has 0 atom stereocenters. The molecule has 0 spiro atoms. The van der Waals surface area contributed by atoms with Crippen LogP contribution in [0.1, 0.15) is 30.1 Å². The number of para-hydroxylation sites is 3. The normalized spacial score (nSPS) is 13.2. The lowest BCUT2D eigenvalue weighted by Crippen LogP contribution is -2.32. The van der Waals surface area contributed by atoms with Gasteiger partial charge in [-0.05, 0) is 48.9 Å². The molecule has 3 aromatic rings. The van der Waals surface area contributed by atoms with E-state index in [-0.39, 0.29) is 27.3 Å². The third kappa shape index (κ3) is 5.37. The van der Waals surface area contributed by atoms with Crippen molar-refractivity contribution in [3.8, 4) is 5.75 Å². The molecule has 0 aliphatic carbocycles. The minimum absolute atomic E-state index is 0.103. The van der Waals surface area contributed by atoms with Gasteiger partial charge in [0.25, 0.3) is 17.7 Å². The third-order valence-electron chi connectivity index (χ3n) is 5.41. The maximum atomic E-state index is 13.0. The Bertz CT molecular complexity index is 1360. The van der Waals surface area contributed by atoms with E-state index in [1.54, 1.807) is 60.7 Å². The highest BCUT2D eigenvalue weighted by Gasteiger charge is 2.39. The van der Waals surface area contributed by atoms with Crippen LogP contribution >= 0.6 is 23.2 Å². The molecule has 1 aliphatic heterocycles. The van der Waals surface area contributed by atoms with Crippen LogP contribution in [0, 0.1) is 0 Å². The minimum Gasteiger partial charge on any atom is -0.491 e. The van der Waals surface area contributed by atoms with Gasteiger partial charge >= 0.3 is 0 Å². The Morgan fingerprint density at radius 2 is 1.69 bits per heavy atom. The van der Waals surface area contributed by atoms with Crippen LogP contribution in [-0.4, -0.2) is 24.3 Å². The van der Waals surface area contributed by atoms with Crippen molar-refractivity contribution < 1.29 is 19.1 Å². The van der Waals surface area contributed by atoms with Crippen molar-refractivity contribution in [2.45, 2.75) is 19.8 Å². The average Bonchev–Trinajstić information content (AvgIpc) is 3.08. The standard InChI is InChI=1S/C27H23Cl2N3O4/c1-2-3-15-36-22-14-7-5-12-20(22)31-25(33)17-9-8-10-18(16-17)30-24-23(29)26(34)32(27(24)35)21-13-6-4-11-19(21)28/h4-14,16,30H,2-3,15H2,1H3,(H,31,33). The van der Waals surface area contributed by atoms with Crippen LogP contribution in [0.5, 0.6) is 5.75 Å². The number of halogens is 2. The second-order valence-corrected chi connectivity index (χ2v) is 8.73. The molecule has 0 saturated heterocycles. The van der Waals surface area contributed by atoms with Crippen LogP contribution in [0.2, 0.25) is 5.02 Å². The molecule has 1 aliphatic rings. The number of hydrogen-bond donors (Lipinski definition) is 2. The van der Waals surface area contributed by atoms with Gasteiger partial charge in [0.05, 0.1) is 23.0 Å². The molecular weight excluding hydrogens is 501 g/mol. The Kier molecular flexibility index (Phi) is 7.93. The smallest absolute Gasteiger partial charge is 0.283 e. The van der Waals surface area contributed by atoms with Crippen LogP contribution in [0.4, 0.5) is 17.1 Å². The van der Waals surface area contributed by atoms with Crippen LogP contribution in [-0.2, 0) is 9.59 Å². The molecule has 7 nitrogen and oxygen atoms in total. The maximum absolute atomic E-state index is 13.0. The van der Waals surface area contributed by atoms with E-state index < -0.39 is 11.8 Å². The molecule has 3 aromatic carbocycles. The fourth-order valence-corrected chi connectivity index (χ4v) is 4.00. The Labute approximate surface area is 218 Å². The summed E-state index contributed by atoms with van der Waals surface area (Å²) in [6, 6.07) is 20.2. The summed E-state index contributed by atoms with van der Waals surface area (Å²) in [5, 5.41) is 5.71. The predicted octanol–water partition coefficient (Wildman–Crippen LogP) is 6.21. The van der Waals surface area contributed by atoms with E-state index in [0.717, 1.165) is 17.7 Å². The molecule has 9 heteroatoms. The number of imide groups is 1. The first kappa shape index (κ1) is 25.3. The third-order valence-corrected chi connectivity index (χ3v) is 6.08. The molecular formula is C27H23Cl2N3O4. The van der Waals surface area contributed by atoms with Gasteiger partial charge in [-0.1, -0.05) is 66.9 Å². The van der Waals surface area contributed by atoms with Gasteiger partial charge < -0.3 is 15.4 Å². The Morgan fingerprint density at radius 1 is 0.944 bits per heavy atom. The highest BCUT2D eigenvalue weighted by atomic mass is 35.5. The molecule has 0 fully saturated rings. The lowest BCUT2D eigenvalue weighted by molar-refractivity contribution is -0.120. The summed E-state index contributed by atoms with van der Waals surface area (Å²) in [4.78, 5) is 39.6. The van der Waals surface area contributed by atoms with E-state index in [4.69, 9.17) is 27.9 Å². The SMILES string of the molecule is CCCCOc1ccccc1NC(=O)c1cccc(NC2=C(Cl)C(=O)N(c3ccccc3Cl)C2=O)c1. The first-order valence-corrected chi connectivity index (χ1v) is 12.1. The Morgan fingerprint density at radius 3 is 2.47 bits per heavy atom. The summed E-state index contributed by atoms with van der Waals surface area (Å²) >= 11 is 12.4. The van der Waals surface area contributed by atoms with Gasteiger partial charge in [-0.15, -0.1) is 0 Å². The van der Waals surface area contributed by atoms with Crippen LogP contribution in [0.15, 0.2) is 83.5 Å². The Balaban J connectivity index is 1.51. The van der Waals surface area contributed by atoms with E-state index in [9.17, 15) is 14.4 Å². The van der Waals surface area contributed by atoms with Gasteiger partial charge in [0.15, 0.2) is 0 Å². The predicted molar refractivity (Wildman–Crippen MR) is 142 cm³/mol. The van der Waals surface area contributed by atoms with Crippen LogP contribution in [0.25, 0.3) is 0 Å². The number of benzene rings is 3. The number of amides is 3. The van der Waals surface area contributed by atoms with Gasteiger partial charge in [-0.2, -0.15) is 0 Å². The first-order chi connectivity index (χ1) is 17.4. The summed E-state index contributed by atoms with van der Waals surface area (Å²) < 4.78 is 5.78. The van der Waals surface area contributed by atoms with E-state index in [1.807, 2.05) is 12.1 Å². The molecule has 0 saturated carbocycles. The number of carbonyl (C=O) groups excluding carboxylic acids is 3. The zero-order valence-corrected chi connectivity index (χ0v) is 20.9. The number of nitrogens with one attached hydrogen (secondary N) is 2. The second kappa shape index (κ2) is 11.3. The monoisotopic (exact) mass is 523 g/mol. The summed E-state index contributed by atoms with van der Waals surface area (Å²) in [6.45, 7) is 2.63. The van der Waals surface area contributed by atoms with E-state index >= 15 is 0 Å². The topological polar surface area (TPSA) is 87.7 Å². The average molecular weight is 524 g/mol. The number of nitrogens with zero attached hydrogens (tertiary/aromatic N) is 1. The molecule has 3 amide bonds. The molecule has 1 heterocycles. The molecule has 0 unspecified atom stereocenters. The fraction of sp³-hybridized carbons (Fsp3) is 0.148. The van der Waals surface area contributed by atoms with Gasteiger partial charge in [0.2, 0.25) is 0 Å². The zero-order chi connectivity index (χ0) is 25.7. The van der Waals surface area contributed by atoms with E-state index in [0.29, 0.717) is 29.3 Å². The van der Waals surface area contributed by atoms with E-state index in [1.165, 1.54) is 0 Å². The van der Waals surface area contributed by atoms with Gasteiger partial charge in [-0.25, -0.2) is 4.90 Å². The van der Waals surface area contributed by atoms with Gasteiger partial charge in [0, 0.05) is 11.3 Å². The summed E-state index contributed by atoms with van der Waals surface area (Å²) in [7, 11) is 0. The fourth-order valence-electron chi connectivity index (χ4n) is 3.56. The van der Waals surface area contributed by atoms with Crippen molar-refractivity contribution in [1.29, 1.82) is 0 Å². The zero-order valence-electron chi connectivity index (χ0n) is 19.4. The Hall–Kier alpha value is -3.81. The summed E-state index contributed by atoms with van der Waals surface area (Å²) in [6.07, 6.45) is 1.91. The van der Waals surface area contributed by atoms with Gasteiger partial charge in [0.1, 0.15) is 16.5 Å². The molecule has 0 radical (unpaired) electrons. The number of anilines is 3. The van der Waals surface area contributed by atoms with Crippen molar-refractivity contribution in [2.75, 3.05) is 22.1 Å². The quantitative estimate of drug-likeness (QED) is 0.257. The number of hydrogen-bond acceptors (Lipinski definition) is 5. The van der Waals surface area contributed by atoms with Crippen molar-refractivity contribution in [3.05, 3.63) is 94.1 Å². The highest BCUT2D eigenvalue weighted by molar-refractivity contribution is 6.53. The molecule has 2 N–H and O–H groups in total. The van der Waals surface area contributed by atoms with Crippen LogP contribution in [0.3, 0.4) is 0 Å². The van der Waals surface area contributed by atoms with Crippen molar-refractivity contribution >= 4 is 58.0 Å². The molecule has 184 valence electrons. The summed E-state index contributed by atoms with van der Waals surface area (Å²) in [5.41, 5.74) is 1.42. The number of rotatable bonds is 9. The van der Waals surface area contributed by atoms with Crippen molar-refractivity contribution in [2.24, 2.45) is 0 Å². The van der Waals surface area contributed by atoms with Crippen molar-refractivity contribution in [3.63, 3.8) is 0 Å². The molecule has 36 heavy (non-hydrogen) atoms. The van der Waals surface area contributed by atoms with Crippen LogP contribution < -0.4 is 20.3 Å². The number of ether oxygens (including phenoxy) is 1. The first-order valence-electron chi connectivity index (χ1n) is 11.3. The number of carbonyl (C=O) groups is 3. The largest absolute Gasteiger partial charge is 0.491 e. The molecule has 4 rings (SSSR count). The molecule has 0 aromatic heterocycles. The molecule has 0 bridgehead atoms. The van der Waals surface area contributed by atoms with E-state index in [2.05, 4.69) is 17.6 Å². The van der Waals surface area contributed by atoms with Gasteiger partial charge in [-0.3, -0.25) is 14.4 Å².